The number of para-hydroxylation sites is 1. The van der Waals surface area contributed by atoms with Crippen molar-refractivity contribution in [3.8, 4) is 6.07 Å². The quantitative estimate of drug-likeness (QED) is 0.604. The Labute approximate surface area is 138 Å². The van der Waals surface area contributed by atoms with Gasteiger partial charge in [0.2, 0.25) is 0 Å². The molecule has 0 saturated heterocycles. The van der Waals surface area contributed by atoms with Crippen molar-refractivity contribution in [1.29, 1.82) is 5.26 Å². The number of nitriles is 1. The topological polar surface area (TPSA) is 70.4 Å². The van der Waals surface area contributed by atoms with Gasteiger partial charge < -0.3 is 4.74 Å². The Hall–Kier alpha value is -3.20. The minimum atomic E-state index is -0.597. The number of ether oxygens (including phenoxy) is 1. The number of hydrogen-bond acceptors (Lipinski definition) is 4. The largest absolute Gasteiger partial charge is 0.455 e. The van der Waals surface area contributed by atoms with Crippen LogP contribution in [0, 0.1) is 17.1 Å². The highest BCUT2D eigenvalue weighted by atomic mass is 19.1. The minimum Gasteiger partial charge on any atom is -0.455 e. The average Bonchev–Trinajstić information content (AvgIpc) is 2.60. The molecule has 5 nitrogen and oxygen atoms in total. The van der Waals surface area contributed by atoms with Crippen molar-refractivity contribution in [1.82, 2.24) is 0 Å². The van der Waals surface area contributed by atoms with Gasteiger partial charge in [0.25, 0.3) is 5.91 Å². The molecule has 0 unspecified atom stereocenters. The molecule has 6 heteroatoms. The van der Waals surface area contributed by atoms with E-state index in [1.54, 1.807) is 30.3 Å². The van der Waals surface area contributed by atoms with E-state index in [-0.39, 0.29) is 13.0 Å². The molecule has 122 valence electrons. The number of hydrogen-bond donors (Lipinski definition) is 0. The van der Waals surface area contributed by atoms with Gasteiger partial charge >= 0.3 is 5.97 Å². The maximum absolute atomic E-state index is 12.8. The summed E-state index contributed by atoms with van der Waals surface area (Å²) < 4.78 is 17.8. The van der Waals surface area contributed by atoms with Crippen LogP contribution in [0.4, 0.5) is 10.1 Å². The van der Waals surface area contributed by atoms with E-state index in [2.05, 4.69) is 0 Å². The number of carbonyl (C=O) groups excluding carboxylic acids is 2. The number of carbonyl (C=O) groups is 2. The van der Waals surface area contributed by atoms with Gasteiger partial charge in [-0.05, 0) is 29.8 Å². The smallest absolute Gasteiger partial charge is 0.310 e. The van der Waals surface area contributed by atoms with Gasteiger partial charge in [-0.2, -0.15) is 5.26 Å². The van der Waals surface area contributed by atoms with Crippen LogP contribution in [-0.4, -0.2) is 25.0 Å². The molecule has 24 heavy (non-hydrogen) atoms. The lowest BCUT2D eigenvalue weighted by Gasteiger charge is -2.19. The first-order chi connectivity index (χ1) is 11.6. The second kappa shape index (κ2) is 8.44. The Morgan fingerprint density at radius 1 is 1.08 bits per heavy atom. The molecule has 0 aliphatic rings. The molecule has 0 saturated carbocycles. The maximum atomic E-state index is 12.8. The van der Waals surface area contributed by atoms with Gasteiger partial charge in [-0.25, -0.2) is 4.39 Å². The summed E-state index contributed by atoms with van der Waals surface area (Å²) >= 11 is 0. The highest BCUT2D eigenvalue weighted by molar-refractivity contribution is 5.95. The van der Waals surface area contributed by atoms with Gasteiger partial charge in [0, 0.05) is 5.69 Å². The summed E-state index contributed by atoms with van der Waals surface area (Å²) in [7, 11) is 0. The molecule has 0 N–H and O–H groups in total. The van der Waals surface area contributed by atoms with E-state index in [0.29, 0.717) is 11.3 Å². The van der Waals surface area contributed by atoms with E-state index in [1.165, 1.54) is 29.2 Å². The van der Waals surface area contributed by atoms with E-state index in [9.17, 15) is 14.0 Å². The first-order valence-corrected chi connectivity index (χ1v) is 7.22. The monoisotopic (exact) mass is 326 g/mol. The molecule has 0 heterocycles. The fraction of sp³-hybridized carbons (Fsp3) is 0.167. The number of esters is 1. The number of anilines is 1. The van der Waals surface area contributed by atoms with Crippen LogP contribution in [0.25, 0.3) is 0 Å². The van der Waals surface area contributed by atoms with Gasteiger partial charge in [0.15, 0.2) is 6.61 Å². The minimum absolute atomic E-state index is 0.0584. The van der Waals surface area contributed by atoms with Crippen LogP contribution in [0.3, 0.4) is 0 Å². The van der Waals surface area contributed by atoms with Crippen molar-refractivity contribution in [2.75, 3.05) is 18.1 Å². The summed E-state index contributed by atoms with van der Waals surface area (Å²) in [6, 6.07) is 16.0. The zero-order valence-electron chi connectivity index (χ0n) is 12.8. The predicted molar refractivity (Wildman–Crippen MR) is 85.5 cm³/mol. The molecule has 0 radical (unpaired) electrons. The summed E-state index contributed by atoms with van der Waals surface area (Å²) in [5.41, 5.74) is 1.14. The Morgan fingerprint density at radius 3 is 2.38 bits per heavy atom. The van der Waals surface area contributed by atoms with Crippen molar-refractivity contribution in [3.05, 3.63) is 66.0 Å². The van der Waals surface area contributed by atoms with Crippen LogP contribution in [0.5, 0.6) is 0 Å². The molecule has 0 spiro atoms. The van der Waals surface area contributed by atoms with E-state index in [4.69, 9.17) is 10.00 Å². The van der Waals surface area contributed by atoms with Gasteiger partial charge in [0.1, 0.15) is 12.4 Å². The van der Waals surface area contributed by atoms with Crippen LogP contribution in [0.2, 0.25) is 0 Å². The molecule has 1 amide bonds. The lowest BCUT2D eigenvalue weighted by molar-refractivity contribution is -0.147. The third-order valence-corrected chi connectivity index (χ3v) is 3.22. The highest BCUT2D eigenvalue weighted by Gasteiger charge is 2.17. The van der Waals surface area contributed by atoms with Gasteiger partial charge in [-0.3, -0.25) is 14.5 Å². The Balaban J connectivity index is 1.91. The first kappa shape index (κ1) is 17.2. The third-order valence-electron chi connectivity index (χ3n) is 3.22. The number of nitrogens with zero attached hydrogens (tertiary/aromatic N) is 2. The second-order valence-corrected chi connectivity index (χ2v) is 4.94. The molecule has 2 aromatic carbocycles. The average molecular weight is 326 g/mol. The number of benzene rings is 2. The Kier molecular flexibility index (Phi) is 6.03. The van der Waals surface area contributed by atoms with Gasteiger partial charge in [-0.15, -0.1) is 0 Å². The fourth-order valence-corrected chi connectivity index (χ4v) is 2.04. The second-order valence-electron chi connectivity index (χ2n) is 4.94. The van der Waals surface area contributed by atoms with Crippen LogP contribution in [0.1, 0.15) is 5.56 Å². The summed E-state index contributed by atoms with van der Waals surface area (Å²) in [5, 5.41) is 8.86. The normalized spacial score (nSPS) is 9.83. The molecular formula is C18H15FN2O3. The van der Waals surface area contributed by atoms with E-state index >= 15 is 0 Å². The summed E-state index contributed by atoms with van der Waals surface area (Å²) in [5.74, 6) is -1.48. The van der Waals surface area contributed by atoms with Crippen LogP contribution >= 0.6 is 0 Å². The molecule has 0 aliphatic carbocycles. The zero-order chi connectivity index (χ0) is 17.4. The van der Waals surface area contributed by atoms with Crippen molar-refractivity contribution < 1.29 is 18.7 Å². The molecule has 0 bridgehead atoms. The Bertz CT molecular complexity index is 739. The Morgan fingerprint density at radius 2 is 1.75 bits per heavy atom. The SMILES string of the molecule is N#CCN(C(=O)COC(=O)Cc1ccc(F)cc1)c1ccccc1. The van der Waals surface area contributed by atoms with Crippen LogP contribution < -0.4 is 4.90 Å². The molecular weight excluding hydrogens is 311 g/mol. The standard InChI is InChI=1S/C18H15FN2O3/c19-15-8-6-14(7-9-15)12-18(23)24-13-17(22)21(11-10-20)16-4-2-1-3-5-16/h1-9H,11-13H2. The summed E-state index contributed by atoms with van der Waals surface area (Å²) in [6.07, 6.45) is -0.0584. The lowest BCUT2D eigenvalue weighted by Crippen LogP contribution is -2.35. The number of halogens is 1. The molecule has 0 aliphatic heterocycles. The molecule has 0 fully saturated rings. The zero-order valence-corrected chi connectivity index (χ0v) is 12.8. The summed E-state index contributed by atoms with van der Waals surface area (Å²) in [4.78, 5) is 25.2. The summed E-state index contributed by atoms with van der Waals surface area (Å²) in [6.45, 7) is -0.602. The molecule has 2 aromatic rings. The van der Waals surface area contributed by atoms with E-state index in [0.717, 1.165) is 0 Å². The first-order valence-electron chi connectivity index (χ1n) is 7.22. The third kappa shape index (κ3) is 4.92. The fourth-order valence-electron chi connectivity index (χ4n) is 2.04. The van der Waals surface area contributed by atoms with Crippen molar-refractivity contribution in [2.24, 2.45) is 0 Å². The number of amides is 1. The molecule has 0 atom stereocenters. The van der Waals surface area contributed by atoms with Crippen molar-refractivity contribution in [3.63, 3.8) is 0 Å². The molecule has 0 aromatic heterocycles. The maximum Gasteiger partial charge on any atom is 0.310 e. The van der Waals surface area contributed by atoms with Crippen LogP contribution in [0.15, 0.2) is 54.6 Å². The highest BCUT2D eigenvalue weighted by Crippen LogP contribution is 2.13. The van der Waals surface area contributed by atoms with Crippen molar-refractivity contribution in [2.45, 2.75) is 6.42 Å². The van der Waals surface area contributed by atoms with E-state index < -0.39 is 24.3 Å². The van der Waals surface area contributed by atoms with E-state index in [1.807, 2.05) is 6.07 Å². The van der Waals surface area contributed by atoms with Crippen LogP contribution in [-0.2, 0) is 20.7 Å². The van der Waals surface area contributed by atoms with Crippen molar-refractivity contribution >= 4 is 17.6 Å². The predicted octanol–water partition coefficient (Wildman–Crippen LogP) is 2.47. The number of rotatable bonds is 6. The van der Waals surface area contributed by atoms with Gasteiger partial charge in [0.05, 0.1) is 12.5 Å². The van der Waals surface area contributed by atoms with Gasteiger partial charge in [-0.1, -0.05) is 30.3 Å². The molecule has 2 rings (SSSR count). The lowest BCUT2D eigenvalue weighted by atomic mass is 10.1.